The van der Waals surface area contributed by atoms with Crippen molar-refractivity contribution in [1.29, 1.82) is 0 Å². The van der Waals surface area contributed by atoms with Gasteiger partial charge in [0.2, 0.25) is 0 Å². The first kappa shape index (κ1) is 18.1. The highest BCUT2D eigenvalue weighted by Crippen LogP contribution is 2.27. The Balaban J connectivity index is 1.42. The molecule has 0 fully saturated rings. The lowest BCUT2D eigenvalue weighted by Crippen LogP contribution is -2.11. The van der Waals surface area contributed by atoms with E-state index in [-0.39, 0.29) is 5.91 Å². The van der Waals surface area contributed by atoms with Crippen molar-refractivity contribution in [3.63, 3.8) is 0 Å². The van der Waals surface area contributed by atoms with E-state index in [0.717, 1.165) is 16.9 Å². The van der Waals surface area contributed by atoms with E-state index in [1.807, 2.05) is 41.8 Å². The van der Waals surface area contributed by atoms with Crippen LogP contribution in [0, 0.1) is 0 Å². The fraction of sp³-hybridized carbons (Fsp3) is 0. The van der Waals surface area contributed by atoms with Gasteiger partial charge in [-0.15, -0.1) is 11.3 Å². The molecule has 2 aromatic heterocycles. The van der Waals surface area contributed by atoms with Gasteiger partial charge in [-0.05, 0) is 42.5 Å². The number of nitrogens with one attached hydrogen (secondary N) is 2. The van der Waals surface area contributed by atoms with Crippen molar-refractivity contribution < 1.29 is 4.79 Å². The lowest BCUT2D eigenvalue weighted by atomic mass is 10.2. The van der Waals surface area contributed by atoms with Crippen LogP contribution in [0.1, 0.15) is 10.4 Å². The lowest BCUT2D eigenvalue weighted by Gasteiger charge is -2.06. The number of hydrogen-bond donors (Lipinski definition) is 2. The molecular formula is C20H14ClN5OS. The number of anilines is 3. The van der Waals surface area contributed by atoms with Crippen LogP contribution in [0.5, 0.6) is 0 Å². The first-order chi connectivity index (χ1) is 13.7. The number of halogens is 1. The molecule has 0 spiro atoms. The summed E-state index contributed by atoms with van der Waals surface area (Å²) in [5, 5.41) is 9.03. The zero-order chi connectivity index (χ0) is 19.3. The normalized spacial score (nSPS) is 10.5. The second-order valence-electron chi connectivity index (χ2n) is 5.80. The van der Waals surface area contributed by atoms with Crippen molar-refractivity contribution in [2.75, 3.05) is 10.6 Å². The summed E-state index contributed by atoms with van der Waals surface area (Å²) < 4.78 is 0. The molecule has 0 saturated carbocycles. The second-order valence-corrected chi connectivity index (χ2v) is 7.09. The van der Waals surface area contributed by atoms with Crippen LogP contribution < -0.4 is 10.6 Å². The van der Waals surface area contributed by atoms with Crippen LogP contribution in [0.2, 0.25) is 5.02 Å². The first-order valence-electron chi connectivity index (χ1n) is 8.33. The Bertz CT molecular complexity index is 1100. The van der Waals surface area contributed by atoms with Gasteiger partial charge in [-0.3, -0.25) is 10.1 Å². The van der Waals surface area contributed by atoms with Gasteiger partial charge in [0.25, 0.3) is 5.91 Å². The van der Waals surface area contributed by atoms with Crippen molar-refractivity contribution >= 4 is 45.5 Å². The molecule has 4 aromatic rings. The molecule has 0 atom stereocenters. The number of nitrogens with zero attached hydrogens (tertiary/aromatic N) is 3. The average Bonchev–Trinajstić information content (AvgIpc) is 3.18. The fourth-order valence-electron chi connectivity index (χ4n) is 2.50. The topological polar surface area (TPSA) is 79.8 Å². The van der Waals surface area contributed by atoms with Crippen molar-refractivity contribution in [3.8, 4) is 11.3 Å². The molecule has 0 aliphatic heterocycles. The van der Waals surface area contributed by atoms with Gasteiger partial charge >= 0.3 is 0 Å². The Morgan fingerprint density at radius 3 is 2.68 bits per heavy atom. The summed E-state index contributed by atoms with van der Waals surface area (Å²) in [6, 6.07) is 16.3. The maximum Gasteiger partial charge on any atom is 0.257 e. The first-order valence-corrected chi connectivity index (χ1v) is 9.59. The Hall–Kier alpha value is -3.29. The van der Waals surface area contributed by atoms with Crippen molar-refractivity contribution in [1.82, 2.24) is 15.0 Å². The van der Waals surface area contributed by atoms with Crippen LogP contribution in [0.15, 0.2) is 72.5 Å². The van der Waals surface area contributed by atoms with Gasteiger partial charge in [0.1, 0.15) is 12.1 Å². The molecular weight excluding hydrogens is 394 g/mol. The Labute approximate surface area is 170 Å². The van der Waals surface area contributed by atoms with Crippen molar-refractivity contribution in [2.45, 2.75) is 0 Å². The quantitative estimate of drug-likeness (QED) is 0.472. The highest BCUT2D eigenvalue weighted by atomic mass is 35.5. The third kappa shape index (κ3) is 4.33. The zero-order valence-electron chi connectivity index (χ0n) is 14.5. The molecule has 0 unspecified atom stereocenters. The zero-order valence-corrected chi connectivity index (χ0v) is 16.0. The minimum absolute atomic E-state index is 0.222. The molecule has 2 aromatic carbocycles. The van der Waals surface area contributed by atoms with E-state index in [0.29, 0.717) is 21.5 Å². The second kappa shape index (κ2) is 8.16. The number of hydrogen-bond acceptors (Lipinski definition) is 6. The van der Waals surface area contributed by atoms with Crippen LogP contribution in [0.4, 0.5) is 16.6 Å². The van der Waals surface area contributed by atoms with E-state index in [1.165, 1.54) is 17.7 Å². The van der Waals surface area contributed by atoms with E-state index in [9.17, 15) is 4.79 Å². The van der Waals surface area contributed by atoms with Gasteiger partial charge in [-0.25, -0.2) is 15.0 Å². The summed E-state index contributed by atoms with van der Waals surface area (Å²) in [7, 11) is 0. The summed E-state index contributed by atoms with van der Waals surface area (Å²) >= 11 is 7.39. The molecule has 4 rings (SSSR count). The molecule has 28 heavy (non-hydrogen) atoms. The molecule has 1 amide bonds. The number of amides is 1. The molecule has 0 aliphatic rings. The molecule has 0 aliphatic carbocycles. The van der Waals surface area contributed by atoms with Crippen LogP contribution in [-0.2, 0) is 0 Å². The van der Waals surface area contributed by atoms with Crippen molar-refractivity contribution in [3.05, 3.63) is 83.1 Å². The Kier molecular flexibility index (Phi) is 5.27. The number of aromatic nitrogens is 3. The minimum Gasteiger partial charge on any atom is -0.340 e. The molecule has 0 radical (unpaired) electrons. The van der Waals surface area contributed by atoms with Gasteiger partial charge < -0.3 is 5.32 Å². The molecule has 8 heteroatoms. The van der Waals surface area contributed by atoms with Gasteiger partial charge in [0, 0.05) is 33.4 Å². The van der Waals surface area contributed by atoms with Crippen LogP contribution >= 0.6 is 22.9 Å². The SMILES string of the molecule is O=C(Nc1nc(-c2cccc(Cl)c2)cs1)c1ccc(Nc2ccncn2)cc1. The smallest absolute Gasteiger partial charge is 0.257 e. The third-order valence-corrected chi connectivity index (χ3v) is 4.84. The van der Waals surface area contributed by atoms with E-state index in [2.05, 4.69) is 25.6 Å². The summed E-state index contributed by atoms with van der Waals surface area (Å²) in [5.74, 6) is 0.462. The number of carbonyl (C=O) groups excluding carboxylic acids is 1. The molecule has 2 heterocycles. The molecule has 138 valence electrons. The maximum absolute atomic E-state index is 12.5. The van der Waals surface area contributed by atoms with Gasteiger partial charge in [-0.1, -0.05) is 23.7 Å². The molecule has 6 nitrogen and oxygen atoms in total. The highest BCUT2D eigenvalue weighted by Gasteiger charge is 2.10. The average molecular weight is 408 g/mol. The minimum atomic E-state index is -0.222. The number of thiazole rings is 1. The van der Waals surface area contributed by atoms with Crippen LogP contribution in [0.25, 0.3) is 11.3 Å². The summed E-state index contributed by atoms with van der Waals surface area (Å²) in [6.45, 7) is 0. The highest BCUT2D eigenvalue weighted by molar-refractivity contribution is 7.14. The summed E-state index contributed by atoms with van der Waals surface area (Å²) in [4.78, 5) is 24.9. The fourth-order valence-corrected chi connectivity index (χ4v) is 3.40. The number of carbonyl (C=O) groups is 1. The Morgan fingerprint density at radius 2 is 1.93 bits per heavy atom. The largest absolute Gasteiger partial charge is 0.340 e. The van der Waals surface area contributed by atoms with Crippen molar-refractivity contribution in [2.24, 2.45) is 0 Å². The predicted octanol–water partition coefficient (Wildman–Crippen LogP) is 5.25. The Morgan fingerprint density at radius 1 is 1.07 bits per heavy atom. The lowest BCUT2D eigenvalue weighted by molar-refractivity contribution is 0.102. The van der Waals surface area contributed by atoms with Crippen LogP contribution in [-0.4, -0.2) is 20.9 Å². The van der Waals surface area contributed by atoms with Gasteiger partial charge in [0.05, 0.1) is 5.69 Å². The molecule has 2 N–H and O–H groups in total. The summed E-state index contributed by atoms with van der Waals surface area (Å²) in [6.07, 6.45) is 3.12. The standard InChI is InChI=1S/C20H14ClN5OS/c21-15-3-1-2-14(10-15)17-11-28-20(25-17)26-19(27)13-4-6-16(7-5-13)24-18-8-9-22-12-23-18/h1-12H,(H,22,23,24)(H,25,26,27). The van der Waals surface area contributed by atoms with Gasteiger partial charge in [-0.2, -0.15) is 0 Å². The number of benzene rings is 2. The van der Waals surface area contributed by atoms with E-state index in [4.69, 9.17) is 11.6 Å². The van der Waals surface area contributed by atoms with Crippen LogP contribution in [0.3, 0.4) is 0 Å². The van der Waals surface area contributed by atoms with E-state index < -0.39 is 0 Å². The monoisotopic (exact) mass is 407 g/mol. The third-order valence-electron chi connectivity index (χ3n) is 3.85. The number of rotatable bonds is 5. The predicted molar refractivity (Wildman–Crippen MR) is 112 cm³/mol. The maximum atomic E-state index is 12.5. The van der Waals surface area contributed by atoms with Gasteiger partial charge in [0.15, 0.2) is 5.13 Å². The molecule has 0 saturated heterocycles. The van der Waals surface area contributed by atoms with E-state index >= 15 is 0 Å². The molecule has 0 bridgehead atoms. The van der Waals surface area contributed by atoms with E-state index in [1.54, 1.807) is 24.4 Å². The summed E-state index contributed by atoms with van der Waals surface area (Å²) in [5.41, 5.74) is 3.04.